The minimum Gasteiger partial charge on any atom is -0.282 e. The smallest absolute Gasteiger partial charge is 0.282 e. The van der Waals surface area contributed by atoms with E-state index in [-0.39, 0.29) is 4.90 Å². The van der Waals surface area contributed by atoms with Crippen molar-refractivity contribution in [3.63, 3.8) is 0 Å². The van der Waals surface area contributed by atoms with Crippen molar-refractivity contribution >= 4 is 30.1 Å². The van der Waals surface area contributed by atoms with Crippen LogP contribution in [0.5, 0.6) is 0 Å². The van der Waals surface area contributed by atoms with E-state index in [0.29, 0.717) is 12.1 Å². The molecule has 11 heteroatoms. The van der Waals surface area contributed by atoms with Gasteiger partial charge in [-0.1, -0.05) is 18.2 Å². The summed E-state index contributed by atoms with van der Waals surface area (Å²) in [5.74, 6) is 0. The Balaban J connectivity index is 2.78. The van der Waals surface area contributed by atoms with Crippen molar-refractivity contribution in [3.8, 4) is 0 Å². The highest BCUT2D eigenvalue weighted by Crippen LogP contribution is 2.27. The Morgan fingerprint density at radius 1 is 0.609 bits per heavy atom. The van der Waals surface area contributed by atoms with Gasteiger partial charge in [0.25, 0.3) is 20.2 Å². The summed E-state index contributed by atoms with van der Waals surface area (Å²) in [5, 5.41) is 0. The van der Waals surface area contributed by atoms with Gasteiger partial charge in [-0.25, -0.2) is 8.42 Å². The molecular weight excluding hydrogens is 368 g/mol. The molecule has 0 saturated heterocycles. The molecule has 0 amide bonds. The van der Waals surface area contributed by atoms with Crippen molar-refractivity contribution in [2.24, 2.45) is 0 Å². The first-order valence-corrected chi connectivity index (χ1v) is 10.2. The van der Waals surface area contributed by atoms with Gasteiger partial charge < -0.3 is 0 Å². The van der Waals surface area contributed by atoms with E-state index < -0.39 is 44.8 Å². The topological polar surface area (TPSA) is 143 Å². The van der Waals surface area contributed by atoms with Crippen molar-refractivity contribution < 1.29 is 34.4 Å². The molecule has 2 aromatic carbocycles. The van der Waals surface area contributed by atoms with Crippen LogP contribution >= 0.6 is 0 Å². The van der Waals surface area contributed by atoms with E-state index in [4.69, 9.17) is 9.11 Å². The molecule has 0 aliphatic rings. The van der Waals surface area contributed by atoms with Crippen LogP contribution in [0.25, 0.3) is 0 Å². The fraction of sp³-hybridized carbons (Fsp3) is 0. The minimum atomic E-state index is -5.09. The van der Waals surface area contributed by atoms with Crippen LogP contribution in [-0.2, 0) is 30.1 Å². The van der Waals surface area contributed by atoms with Gasteiger partial charge in [0, 0.05) is 0 Å². The molecule has 0 unspecified atom stereocenters. The summed E-state index contributed by atoms with van der Waals surface area (Å²) >= 11 is 0. The second kappa shape index (κ2) is 5.69. The maximum atomic E-state index is 12.4. The van der Waals surface area contributed by atoms with Crippen LogP contribution in [0.2, 0.25) is 0 Å². The molecule has 0 aliphatic carbocycles. The van der Waals surface area contributed by atoms with Gasteiger partial charge in [-0.15, -0.1) is 0 Å². The quantitative estimate of drug-likeness (QED) is 0.750. The number of hydrogen-bond donors (Lipinski definition) is 2. The highest BCUT2D eigenvalue weighted by molar-refractivity contribution is 7.91. The van der Waals surface area contributed by atoms with E-state index in [0.717, 1.165) is 6.07 Å². The standard InChI is InChI=1S/C12H10O8S3/c13-21(14,9-4-2-1-3-5-9)10-6-7-11(22(15,16)17)12(8-10)23(18,19)20/h1-8H,(H,15,16,17)(H,18,19,20). The van der Waals surface area contributed by atoms with Crippen molar-refractivity contribution in [2.75, 3.05) is 0 Å². The third-order valence-electron chi connectivity index (χ3n) is 2.83. The second-order valence-electron chi connectivity index (χ2n) is 4.38. The molecule has 23 heavy (non-hydrogen) atoms. The maximum Gasteiger partial charge on any atom is 0.295 e. The van der Waals surface area contributed by atoms with Crippen LogP contribution in [-0.4, -0.2) is 34.4 Å². The molecular formula is C12H10O8S3. The molecule has 124 valence electrons. The Hall–Kier alpha value is -1.79. The van der Waals surface area contributed by atoms with E-state index in [1.165, 1.54) is 24.3 Å². The zero-order chi connectivity index (χ0) is 17.5. The van der Waals surface area contributed by atoms with Crippen molar-refractivity contribution in [3.05, 3.63) is 48.5 Å². The number of sulfone groups is 1. The van der Waals surface area contributed by atoms with Gasteiger partial charge in [0.15, 0.2) is 0 Å². The summed E-state index contributed by atoms with van der Waals surface area (Å²) < 4.78 is 87.8. The first-order chi connectivity index (χ1) is 10.4. The van der Waals surface area contributed by atoms with Crippen LogP contribution in [0.4, 0.5) is 0 Å². The summed E-state index contributed by atoms with van der Waals surface area (Å²) in [4.78, 5) is -3.05. The number of benzene rings is 2. The Kier molecular flexibility index (Phi) is 4.34. The van der Waals surface area contributed by atoms with Gasteiger partial charge >= 0.3 is 0 Å². The van der Waals surface area contributed by atoms with Gasteiger partial charge in [0.05, 0.1) is 9.79 Å². The maximum absolute atomic E-state index is 12.4. The molecule has 2 aromatic rings. The predicted octanol–water partition coefficient (Wildman–Crippen LogP) is 1.01. The number of rotatable bonds is 4. The first-order valence-electron chi connectivity index (χ1n) is 5.83. The molecule has 2 N–H and O–H groups in total. The average Bonchev–Trinajstić information content (AvgIpc) is 2.45. The predicted molar refractivity (Wildman–Crippen MR) is 78.0 cm³/mol. The molecule has 0 atom stereocenters. The molecule has 0 spiro atoms. The third kappa shape index (κ3) is 3.59. The number of hydrogen-bond acceptors (Lipinski definition) is 6. The van der Waals surface area contributed by atoms with Crippen LogP contribution in [0, 0.1) is 0 Å². The Morgan fingerprint density at radius 3 is 1.61 bits per heavy atom. The van der Waals surface area contributed by atoms with E-state index in [9.17, 15) is 25.3 Å². The largest absolute Gasteiger partial charge is 0.295 e. The lowest BCUT2D eigenvalue weighted by Gasteiger charge is -2.09. The Labute approximate surface area is 132 Å². The van der Waals surface area contributed by atoms with Crippen LogP contribution in [0.15, 0.2) is 68.1 Å². The van der Waals surface area contributed by atoms with Crippen molar-refractivity contribution in [2.45, 2.75) is 19.6 Å². The minimum absolute atomic E-state index is 0.152. The Morgan fingerprint density at radius 2 is 1.13 bits per heavy atom. The fourth-order valence-electron chi connectivity index (χ4n) is 1.81. The highest BCUT2D eigenvalue weighted by atomic mass is 32.2. The summed E-state index contributed by atoms with van der Waals surface area (Å²) in [6, 6.07) is 8.88. The second-order valence-corrected chi connectivity index (χ2v) is 9.10. The lowest BCUT2D eigenvalue weighted by atomic mass is 10.4. The summed E-state index contributed by atoms with van der Waals surface area (Å²) in [6.45, 7) is 0. The van der Waals surface area contributed by atoms with E-state index in [1.54, 1.807) is 6.07 Å². The summed E-state index contributed by atoms with van der Waals surface area (Å²) in [7, 11) is -14.2. The normalized spacial score (nSPS) is 13.0. The molecule has 8 nitrogen and oxygen atoms in total. The van der Waals surface area contributed by atoms with Gasteiger partial charge in [0.1, 0.15) is 9.79 Å². The molecule has 0 aliphatic heterocycles. The summed E-state index contributed by atoms with van der Waals surface area (Å²) in [5.41, 5.74) is 0. The van der Waals surface area contributed by atoms with Crippen LogP contribution in [0.3, 0.4) is 0 Å². The molecule has 0 fully saturated rings. The molecule has 0 heterocycles. The SMILES string of the molecule is O=S(=O)(O)c1ccc(S(=O)(=O)c2ccccc2)cc1S(=O)(=O)O. The highest BCUT2D eigenvalue weighted by Gasteiger charge is 2.27. The first kappa shape index (κ1) is 17.6. The van der Waals surface area contributed by atoms with Crippen LogP contribution < -0.4 is 0 Å². The zero-order valence-electron chi connectivity index (χ0n) is 11.2. The average molecular weight is 378 g/mol. The lowest BCUT2D eigenvalue weighted by Crippen LogP contribution is -2.11. The van der Waals surface area contributed by atoms with E-state index >= 15 is 0 Å². The fourth-order valence-corrected chi connectivity index (χ4v) is 4.97. The van der Waals surface area contributed by atoms with Crippen molar-refractivity contribution in [1.29, 1.82) is 0 Å². The molecule has 0 saturated carbocycles. The van der Waals surface area contributed by atoms with Crippen molar-refractivity contribution in [1.82, 2.24) is 0 Å². The van der Waals surface area contributed by atoms with Gasteiger partial charge in [0.2, 0.25) is 9.84 Å². The molecule has 0 radical (unpaired) electrons. The van der Waals surface area contributed by atoms with E-state index in [1.807, 2.05) is 0 Å². The Bertz CT molecular complexity index is 1050. The third-order valence-corrected chi connectivity index (χ3v) is 6.54. The van der Waals surface area contributed by atoms with Gasteiger partial charge in [-0.3, -0.25) is 9.11 Å². The zero-order valence-corrected chi connectivity index (χ0v) is 13.6. The van der Waals surface area contributed by atoms with Crippen LogP contribution in [0.1, 0.15) is 0 Å². The van der Waals surface area contributed by atoms with E-state index in [2.05, 4.69) is 0 Å². The molecule has 2 rings (SSSR count). The van der Waals surface area contributed by atoms with Gasteiger partial charge in [-0.05, 0) is 30.3 Å². The monoisotopic (exact) mass is 378 g/mol. The molecule has 0 aromatic heterocycles. The molecule has 0 bridgehead atoms. The summed E-state index contributed by atoms with van der Waals surface area (Å²) in [6.07, 6.45) is 0. The lowest BCUT2D eigenvalue weighted by molar-refractivity contribution is 0.466. The van der Waals surface area contributed by atoms with Gasteiger partial charge in [-0.2, -0.15) is 16.8 Å².